The Bertz CT molecular complexity index is 3530. The van der Waals surface area contributed by atoms with E-state index in [4.69, 9.17) is 9.97 Å². The van der Waals surface area contributed by atoms with Gasteiger partial charge < -0.3 is 9.13 Å². The predicted molar refractivity (Wildman–Crippen MR) is 258 cm³/mol. The maximum Gasteiger partial charge on any atom is 0.160 e. The molecule has 12 rings (SSSR count). The van der Waals surface area contributed by atoms with Gasteiger partial charge in [-0.15, -0.1) is 0 Å². The minimum Gasteiger partial charge on any atom is -0.309 e. The Morgan fingerprint density at radius 1 is 0.242 bits per heavy atom. The van der Waals surface area contributed by atoms with Crippen LogP contribution >= 0.6 is 0 Å². The summed E-state index contributed by atoms with van der Waals surface area (Å²) in [6.07, 6.45) is 0. The van der Waals surface area contributed by atoms with E-state index in [-0.39, 0.29) is 0 Å². The Labute approximate surface area is 359 Å². The Morgan fingerprint density at radius 3 is 1.27 bits per heavy atom. The molecule has 0 saturated heterocycles. The number of rotatable bonds is 7. The van der Waals surface area contributed by atoms with Gasteiger partial charge in [0.1, 0.15) is 0 Å². The summed E-state index contributed by atoms with van der Waals surface area (Å²) in [7, 11) is 0. The maximum absolute atomic E-state index is 5.08. The van der Waals surface area contributed by atoms with E-state index in [1.54, 1.807) is 0 Å². The molecule has 4 heteroatoms. The quantitative estimate of drug-likeness (QED) is 0.161. The molecule has 0 saturated carbocycles. The third kappa shape index (κ3) is 6.08. The maximum atomic E-state index is 5.08. The molecule has 0 aliphatic carbocycles. The van der Waals surface area contributed by atoms with Gasteiger partial charge in [-0.3, -0.25) is 0 Å². The second-order valence-electron chi connectivity index (χ2n) is 15.8. The van der Waals surface area contributed by atoms with Crippen LogP contribution in [0.4, 0.5) is 0 Å². The SMILES string of the molecule is c1ccc(-c2ccc(-n3c4ccccc4c4ccc(-c5ccc6c(c5)c5ccccc5n6-c5ccc(-c6cc(-c7ccccc7)nc(-c7ccccc7)n6)cc5)cc43)cc2)cc1. The second-order valence-corrected chi connectivity index (χ2v) is 15.8. The van der Waals surface area contributed by atoms with Crippen molar-refractivity contribution in [3.63, 3.8) is 0 Å². The molecule has 3 aromatic heterocycles. The number of fused-ring (bicyclic) bond motifs is 6. The molecule has 0 radical (unpaired) electrons. The normalized spacial score (nSPS) is 11.5. The third-order valence-electron chi connectivity index (χ3n) is 12.2. The van der Waals surface area contributed by atoms with Crippen molar-refractivity contribution in [2.45, 2.75) is 0 Å². The van der Waals surface area contributed by atoms with E-state index in [2.05, 4.69) is 203 Å². The number of para-hydroxylation sites is 2. The lowest BCUT2D eigenvalue weighted by Crippen LogP contribution is -1.97. The third-order valence-corrected chi connectivity index (χ3v) is 12.2. The van der Waals surface area contributed by atoms with Gasteiger partial charge >= 0.3 is 0 Å². The first-order valence-corrected chi connectivity index (χ1v) is 21.1. The van der Waals surface area contributed by atoms with E-state index < -0.39 is 0 Å². The molecule has 4 nitrogen and oxygen atoms in total. The Morgan fingerprint density at radius 2 is 0.645 bits per heavy atom. The molecule has 0 aliphatic heterocycles. The number of aromatic nitrogens is 4. The van der Waals surface area contributed by atoms with Gasteiger partial charge in [0.2, 0.25) is 0 Å². The van der Waals surface area contributed by atoms with Crippen molar-refractivity contribution >= 4 is 43.6 Å². The monoisotopic (exact) mass is 790 g/mol. The molecule has 0 fully saturated rings. The first-order valence-electron chi connectivity index (χ1n) is 21.1. The molecule has 3 heterocycles. The molecule has 290 valence electrons. The summed E-state index contributed by atoms with van der Waals surface area (Å²) in [5.74, 6) is 0.711. The van der Waals surface area contributed by atoms with E-state index in [0.29, 0.717) is 5.82 Å². The van der Waals surface area contributed by atoms with Gasteiger partial charge in [-0.2, -0.15) is 0 Å². The topological polar surface area (TPSA) is 35.6 Å². The lowest BCUT2D eigenvalue weighted by molar-refractivity contribution is 1.17. The summed E-state index contributed by atoms with van der Waals surface area (Å²) in [6.45, 7) is 0. The van der Waals surface area contributed by atoms with E-state index >= 15 is 0 Å². The zero-order chi connectivity index (χ0) is 41.0. The average molecular weight is 791 g/mol. The van der Waals surface area contributed by atoms with Crippen LogP contribution in [-0.2, 0) is 0 Å². The number of benzene rings is 9. The molecule has 62 heavy (non-hydrogen) atoms. The van der Waals surface area contributed by atoms with Crippen molar-refractivity contribution in [2.75, 3.05) is 0 Å². The summed E-state index contributed by atoms with van der Waals surface area (Å²) in [4.78, 5) is 10.1. The van der Waals surface area contributed by atoms with Crippen LogP contribution in [0.3, 0.4) is 0 Å². The highest BCUT2D eigenvalue weighted by atomic mass is 15.0. The smallest absolute Gasteiger partial charge is 0.160 e. The lowest BCUT2D eigenvalue weighted by atomic mass is 10.0. The zero-order valence-electron chi connectivity index (χ0n) is 33.7. The first-order chi connectivity index (χ1) is 30.7. The molecule has 0 spiro atoms. The predicted octanol–water partition coefficient (Wildman–Crippen LogP) is 15.0. The minimum atomic E-state index is 0.711. The summed E-state index contributed by atoms with van der Waals surface area (Å²) in [5, 5.41) is 4.93. The van der Waals surface area contributed by atoms with E-state index in [1.807, 2.05) is 36.4 Å². The van der Waals surface area contributed by atoms with Crippen molar-refractivity contribution in [1.29, 1.82) is 0 Å². The van der Waals surface area contributed by atoms with Gasteiger partial charge in [0.15, 0.2) is 5.82 Å². The molecule has 0 unspecified atom stereocenters. The fraction of sp³-hybridized carbons (Fsp3) is 0. The van der Waals surface area contributed by atoms with Crippen molar-refractivity contribution < 1.29 is 0 Å². The van der Waals surface area contributed by atoms with Crippen LogP contribution < -0.4 is 0 Å². The Kier molecular flexibility index (Phi) is 8.46. The van der Waals surface area contributed by atoms with Gasteiger partial charge in [-0.1, -0.05) is 170 Å². The molecule has 0 aliphatic rings. The molecule has 0 bridgehead atoms. The summed E-state index contributed by atoms with van der Waals surface area (Å²) in [5.41, 5.74) is 16.6. The Hall–Kier alpha value is -8.34. The van der Waals surface area contributed by atoms with Crippen LogP contribution in [0, 0.1) is 0 Å². The van der Waals surface area contributed by atoms with Gasteiger partial charge in [-0.25, -0.2) is 9.97 Å². The van der Waals surface area contributed by atoms with Crippen molar-refractivity contribution in [3.05, 3.63) is 231 Å². The number of hydrogen-bond acceptors (Lipinski definition) is 2. The zero-order valence-corrected chi connectivity index (χ0v) is 33.7. The Balaban J connectivity index is 0.943. The lowest BCUT2D eigenvalue weighted by Gasteiger charge is -2.12. The van der Waals surface area contributed by atoms with Crippen LogP contribution in [0.2, 0.25) is 0 Å². The molecular formula is C58H38N4. The van der Waals surface area contributed by atoms with Gasteiger partial charge in [-0.05, 0) is 82.9 Å². The van der Waals surface area contributed by atoms with Gasteiger partial charge in [0.05, 0.1) is 33.5 Å². The summed E-state index contributed by atoms with van der Waals surface area (Å²) in [6, 6.07) is 82.2. The van der Waals surface area contributed by atoms with Crippen LogP contribution in [0.1, 0.15) is 0 Å². The van der Waals surface area contributed by atoms with Crippen LogP contribution in [0.15, 0.2) is 231 Å². The minimum absolute atomic E-state index is 0.711. The van der Waals surface area contributed by atoms with Crippen LogP contribution in [0.5, 0.6) is 0 Å². The van der Waals surface area contributed by atoms with Gasteiger partial charge in [0.25, 0.3) is 0 Å². The molecular weight excluding hydrogens is 753 g/mol. The van der Waals surface area contributed by atoms with Crippen molar-refractivity contribution in [2.24, 2.45) is 0 Å². The highest BCUT2D eigenvalue weighted by Gasteiger charge is 2.17. The molecule has 9 aromatic carbocycles. The fourth-order valence-corrected chi connectivity index (χ4v) is 9.14. The fourth-order valence-electron chi connectivity index (χ4n) is 9.14. The first kappa shape index (κ1) is 35.6. The largest absolute Gasteiger partial charge is 0.309 e. The highest BCUT2D eigenvalue weighted by Crippen LogP contribution is 2.39. The van der Waals surface area contributed by atoms with E-state index in [9.17, 15) is 0 Å². The van der Waals surface area contributed by atoms with E-state index in [0.717, 1.165) is 45.0 Å². The van der Waals surface area contributed by atoms with Crippen LogP contribution in [-0.4, -0.2) is 19.1 Å². The van der Waals surface area contributed by atoms with Crippen molar-refractivity contribution in [1.82, 2.24) is 19.1 Å². The second kappa shape index (κ2) is 14.7. The van der Waals surface area contributed by atoms with Crippen molar-refractivity contribution in [3.8, 4) is 67.5 Å². The summed E-state index contributed by atoms with van der Waals surface area (Å²) < 4.78 is 4.78. The molecule has 0 N–H and O–H groups in total. The van der Waals surface area contributed by atoms with E-state index in [1.165, 1.54) is 60.3 Å². The molecule has 0 amide bonds. The summed E-state index contributed by atoms with van der Waals surface area (Å²) >= 11 is 0. The number of nitrogens with zero attached hydrogens (tertiary/aromatic N) is 4. The van der Waals surface area contributed by atoms with Gasteiger partial charge in [0, 0.05) is 49.6 Å². The molecule has 12 aromatic rings. The number of hydrogen-bond donors (Lipinski definition) is 0. The molecule has 0 atom stereocenters. The highest BCUT2D eigenvalue weighted by molar-refractivity contribution is 6.12. The van der Waals surface area contributed by atoms with Crippen LogP contribution in [0.25, 0.3) is 111 Å². The standard InChI is InChI=1S/C58H38N4/c1-4-14-39(15-5-1)40-24-30-47(31-25-40)62-54-22-12-10-20-48(54)50-34-28-45(37-57(50)62)44-29-35-56-51(36-44)49-21-11-13-23-55(49)61(56)46-32-26-42(27-33-46)53-38-52(41-16-6-2-7-17-41)59-58(60-53)43-18-8-3-9-19-43/h1-38H. The average Bonchev–Trinajstić information content (AvgIpc) is 3.87.